The monoisotopic (exact) mass is 566 g/mol. The van der Waals surface area contributed by atoms with Crippen molar-refractivity contribution in [1.29, 1.82) is 0 Å². The number of aliphatic hydroxyl groups excluding tert-OH is 1. The molecule has 218 valence electrons. The molecule has 3 aromatic rings. The Kier molecular flexibility index (Phi) is 10.6. The van der Waals surface area contributed by atoms with Gasteiger partial charge in [-0.3, -0.25) is 19.2 Å². The van der Waals surface area contributed by atoms with Crippen LogP contribution >= 0.6 is 0 Å². The lowest BCUT2D eigenvalue weighted by molar-refractivity contribution is -0.145. The fourth-order valence-electron chi connectivity index (χ4n) is 4.29. The first-order chi connectivity index (χ1) is 19.5. The predicted octanol–water partition coefficient (Wildman–Crippen LogP) is -0.924. The van der Waals surface area contributed by atoms with Gasteiger partial charge in [0.25, 0.3) is 0 Å². The molecule has 41 heavy (non-hydrogen) atoms. The van der Waals surface area contributed by atoms with E-state index in [-0.39, 0.29) is 12.8 Å². The molecule has 1 heterocycles. The van der Waals surface area contributed by atoms with Gasteiger partial charge in [-0.15, -0.1) is 0 Å². The van der Waals surface area contributed by atoms with Crippen LogP contribution in [0, 0.1) is 0 Å². The first-order valence-electron chi connectivity index (χ1n) is 12.9. The second kappa shape index (κ2) is 14.1. The van der Waals surface area contributed by atoms with Crippen LogP contribution in [-0.4, -0.2) is 75.1 Å². The molecule has 0 radical (unpaired) electrons. The number of carbonyl (C=O) groups excluding carboxylic acids is 4. The van der Waals surface area contributed by atoms with Crippen LogP contribution in [0.3, 0.4) is 0 Å². The molecule has 0 aliphatic carbocycles. The largest absolute Gasteiger partial charge is 0.480 e. The van der Waals surface area contributed by atoms with E-state index >= 15 is 0 Å². The van der Waals surface area contributed by atoms with E-state index in [9.17, 15) is 34.2 Å². The number of hydrogen-bond donors (Lipinski definition) is 8. The van der Waals surface area contributed by atoms with Gasteiger partial charge in [-0.2, -0.15) is 0 Å². The molecule has 0 aliphatic rings. The molecule has 0 spiro atoms. The van der Waals surface area contributed by atoms with Gasteiger partial charge in [0.15, 0.2) is 6.04 Å². The van der Waals surface area contributed by atoms with Gasteiger partial charge in [0.2, 0.25) is 23.6 Å². The van der Waals surface area contributed by atoms with Gasteiger partial charge in [0.1, 0.15) is 12.1 Å². The molecule has 13 heteroatoms. The van der Waals surface area contributed by atoms with Gasteiger partial charge >= 0.3 is 5.97 Å². The van der Waals surface area contributed by atoms with Crippen LogP contribution in [0.2, 0.25) is 0 Å². The van der Waals surface area contributed by atoms with E-state index in [1.807, 2.05) is 54.6 Å². The highest BCUT2D eigenvalue weighted by atomic mass is 16.4. The molecule has 4 amide bonds. The van der Waals surface area contributed by atoms with Crippen molar-refractivity contribution in [3.63, 3.8) is 0 Å². The van der Waals surface area contributed by atoms with Crippen molar-refractivity contribution in [3.8, 4) is 0 Å². The van der Waals surface area contributed by atoms with Gasteiger partial charge in [0, 0.05) is 23.5 Å². The second-order valence-corrected chi connectivity index (χ2v) is 9.72. The molecular weight excluding hydrogens is 532 g/mol. The van der Waals surface area contributed by atoms with Crippen LogP contribution in [0.4, 0.5) is 0 Å². The first kappa shape index (κ1) is 30.8. The van der Waals surface area contributed by atoms with Crippen LogP contribution in [0.25, 0.3) is 10.9 Å². The Morgan fingerprint density at radius 3 is 2.10 bits per heavy atom. The zero-order chi connectivity index (χ0) is 30.1. The SMILES string of the molecule is CC(O)C(NC(=O)C(CC(N)=O)NC(=O)C(Cc1c[nH]c2ccccc12)NC(=O)C(N)Cc1ccccc1)C(=O)O. The smallest absolute Gasteiger partial charge is 0.328 e. The highest BCUT2D eigenvalue weighted by molar-refractivity contribution is 5.96. The number of aromatic amines is 1. The number of aliphatic hydroxyl groups is 1. The highest BCUT2D eigenvalue weighted by Crippen LogP contribution is 2.19. The fourth-order valence-corrected chi connectivity index (χ4v) is 4.29. The van der Waals surface area contributed by atoms with E-state index in [4.69, 9.17) is 11.5 Å². The molecule has 5 unspecified atom stereocenters. The number of benzene rings is 2. The van der Waals surface area contributed by atoms with E-state index < -0.39 is 66.3 Å². The maximum atomic E-state index is 13.5. The van der Waals surface area contributed by atoms with E-state index in [0.29, 0.717) is 5.56 Å². The Bertz CT molecular complexity index is 1390. The Morgan fingerprint density at radius 1 is 0.854 bits per heavy atom. The van der Waals surface area contributed by atoms with Crippen molar-refractivity contribution < 1.29 is 34.2 Å². The minimum absolute atomic E-state index is 0.00399. The number of primary amides is 1. The number of para-hydroxylation sites is 1. The standard InChI is InChI=1S/C28H34N6O7/c1-15(35)24(28(40)41)34-27(39)22(13-23(30)36)33-26(38)21(12-17-14-31-20-10-6-5-9-18(17)20)32-25(37)19(29)11-16-7-3-2-4-8-16/h2-10,14-15,19,21-22,24,31,35H,11-13,29H2,1H3,(H2,30,36)(H,32,37)(H,33,38)(H,34,39)(H,40,41). The minimum Gasteiger partial charge on any atom is -0.480 e. The van der Waals surface area contributed by atoms with Crippen molar-refractivity contribution in [2.45, 2.75) is 56.5 Å². The van der Waals surface area contributed by atoms with Crippen LogP contribution in [-0.2, 0) is 36.8 Å². The maximum absolute atomic E-state index is 13.5. The number of aromatic nitrogens is 1. The number of nitrogens with one attached hydrogen (secondary N) is 4. The third kappa shape index (κ3) is 8.62. The number of rotatable bonds is 14. The zero-order valence-corrected chi connectivity index (χ0v) is 22.4. The van der Waals surface area contributed by atoms with E-state index in [1.54, 1.807) is 6.20 Å². The molecule has 0 saturated heterocycles. The minimum atomic E-state index is -1.70. The second-order valence-electron chi connectivity index (χ2n) is 9.72. The van der Waals surface area contributed by atoms with Crippen molar-refractivity contribution in [1.82, 2.24) is 20.9 Å². The zero-order valence-electron chi connectivity index (χ0n) is 22.4. The molecule has 1 aromatic heterocycles. The van der Waals surface area contributed by atoms with Gasteiger partial charge < -0.3 is 42.6 Å². The molecule has 10 N–H and O–H groups in total. The van der Waals surface area contributed by atoms with Crippen LogP contribution in [0.1, 0.15) is 24.5 Å². The van der Waals surface area contributed by atoms with Gasteiger partial charge in [-0.1, -0.05) is 48.5 Å². The summed E-state index contributed by atoms with van der Waals surface area (Å²) in [5, 5.41) is 27.0. The van der Waals surface area contributed by atoms with Crippen molar-refractivity contribution in [3.05, 3.63) is 71.9 Å². The van der Waals surface area contributed by atoms with Crippen LogP contribution in [0.15, 0.2) is 60.8 Å². The molecule has 0 fully saturated rings. The fraction of sp³-hybridized carbons (Fsp3) is 0.321. The van der Waals surface area contributed by atoms with E-state index in [0.717, 1.165) is 23.4 Å². The molecular formula is C28H34N6O7. The van der Waals surface area contributed by atoms with Crippen molar-refractivity contribution in [2.75, 3.05) is 0 Å². The van der Waals surface area contributed by atoms with Crippen molar-refractivity contribution in [2.24, 2.45) is 11.5 Å². The third-order valence-corrected chi connectivity index (χ3v) is 6.45. The van der Waals surface area contributed by atoms with E-state index in [2.05, 4.69) is 20.9 Å². The number of hydrogen-bond acceptors (Lipinski definition) is 7. The third-order valence-electron chi connectivity index (χ3n) is 6.45. The lowest BCUT2D eigenvalue weighted by Crippen LogP contribution is -2.59. The van der Waals surface area contributed by atoms with Crippen LogP contribution < -0.4 is 27.4 Å². The predicted molar refractivity (Wildman–Crippen MR) is 149 cm³/mol. The molecule has 2 aromatic carbocycles. The Morgan fingerprint density at radius 2 is 1.46 bits per heavy atom. The first-order valence-corrected chi connectivity index (χ1v) is 12.9. The van der Waals surface area contributed by atoms with Gasteiger partial charge in [-0.25, -0.2) is 4.79 Å². The highest BCUT2D eigenvalue weighted by Gasteiger charge is 2.33. The van der Waals surface area contributed by atoms with E-state index in [1.165, 1.54) is 0 Å². The number of aliphatic carboxylic acids is 1. The maximum Gasteiger partial charge on any atom is 0.328 e. The number of carboxylic acids is 1. The topological polar surface area (TPSA) is 230 Å². The summed E-state index contributed by atoms with van der Waals surface area (Å²) < 4.78 is 0. The summed E-state index contributed by atoms with van der Waals surface area (Å²) in [6, 6.07) is 10.9. The Balaban J connectivity index is 1.84. The number of H-pyrrole nitrogens is 1. The lowest BCUT2D eigenvalue weighted by atomic mass is 10.0. The lowest BCUT2D eigenvalue weighted by Gasteiger charge is -2.25. The normalized spacial score (nSPS) is 14.7. The molecule has 5 atom stereocenters. The number of carbonyl (C=O) groups is 5. The number of fused-ring (bicyclic) bond motifs is 1. The summed E-state index contributed by atoms with van der Waals surface area (Å²) in [6.07, 6.45) is -0.242. The Labute approximate surface area is 235 Å². The van der Waals surface area contributed by atoms with Crippen LogP contribution in [0.5, 0.6) is 0 Å². The quantitative estimate of drug-likeness (QED) is 0.121. The number of nitrogens with two attached hydrogens (primary N) is 2. The average Bonchev–Trinajstić information content (AvgIpc) is 3.33. The summed E-state index contributed by atoms with van der Waals surface area (Å²) in [5.41, 5.74) is 13.7. The Hall–Kier alpha value is -4.75. The van der Waals surface area contributed by atoms with Gasteiger partial charge in [-0.05, 0) is 30.5 Å². The van der Waals surface area contributed by atoms with Crippen molar-refractivity contribution >= 4 is 40.5 Å². The summed E-state index contributed by atoms with van der Waals surface area (Å²) >= 11 is 0. The molecule has 0 saturated carbocycles. The molecule has 13 nitrogen and oxygen atoms in total. The summed E-state index contributed by atoms with van der Waals surface area (Å²) in [7, 11) is 0. The van der Waals surface area contributed by atoms with Gasteiger partial charge in [0.05, 0.1) is 18.6 Å². The number of amides is 4. The molecule has 0 aliphatic heterocycles. The summed E-state index contributed by atoms with van der Waals surface area (Å²) in [5.74, 6) is -4.97. The molecule has 3 rings (SSSR count). The summed E-state index contributed by atoms with van der Waals surface area (Å²) in [4.78, 5) is 65.7. The summed E-state index contributed by atoms with van der Waals surface area (Å²) in [6.45, 7) is 1.16. The average molecular weight is 567 g/mol. The molecule has 0 bridgehead atoms. The number of carboxylic acid groups (broad SMARTS) is 1.